The SMILES string of the molecule is Cc1cccc([Si](c2cccc(C)c2)(c2cccc(C)c2)[c-]2c(C)cc3ccccc32)c1.Cl.Cl.Cl.[Ti]. The van der Waals surface area contributed by atoms with Crippen molar-refractivity contribution >= 4 is 76.8 Å². The Kier molecular flexibility index (Phi) is 11.8. The van der Waals surface area contributed by atoms with Gasteiger partial charge in [0.25, 0.3) is 0 Å². The normalized spacial score (nSPS) is 10.4. The summed E-state index contributed by atoms with van der Waals surface area (Å²) in [5.41, 5.74) is 5.33. The first kappa shape index (κ1) is 32.3. The molecule has 5 aromatic carbocycles. The van der Waals surface area contributed by atoms with E-state index in [9.17, 15) is 0 Å². The van der Waals surface area contributed by atoms with Crippen LogP contribution in [-0.4, -0.2) is 8.07 Å². The third-order valence-electron chi connectivity index (χ3n) is 6.72. The van der Waals surface area contributed by atoms with Crippen molar-refractivity contribution in [3.8, 4) is 0 Å². The van der Waals surface area contributed by atoms with Crippen molar-refractivity contribution in [3.05, 3.63) is 125 Å². The van der Waals surface area contributed by atoms with Crippen molar-refractivity contribution in [1.29, 1.82) is 0 Å². The number of benzene rings is 4. The maximum absolute atomic E-state index is 2.55. The number of aryl methyl sites for hydroxylation is 4. The van der Waals surface area contributed by atoms with Crippen molar-refractivity contribution in [2.75, 3.05) is 0 Å². The second-order valence-corrected chi connectivity index (χ2v) is 12.9. The Balaban J connectivity index is 0.00000162. The Morgan fingerprint density at radius 1 is 0.500 bits per heavy atom. The van der Waals surface area contributed by atoms with Crippen LogP contribution in [0.2, 0.25) is 0 Å². The van der Waals surface area contributed by atoms with E-state index in [4.69, 9.17) is 0 Å². The molecule has 0 aliphatic carbocycles. The van der Waals surface area contributed by atoms with Gasteiger partial charge in [-0.05, 0) is 20.8 Å². The molecule has 0 spiro atoms. The Hall–Kier alpha value is -1.71. The standard InChI is InChI=1S/C31H29Si.3ClH.Ti/c1-22-10-7-14-27(18-22)32(28-15-8-11-23(2)19-28,29-16-9-12-24(3)20-29)31-25(4)21-26-13-5-6-17-30(26)31;;;;/h5-21H,1-4H3;3*1H;/q-1;;;;. The molecule has 0 saturated carbocycles. The molecule has 0 N–H and O–H groups in total. The van der Waals surface area contributed by atoms with E-state index in [1.165, 1.54) is 53.8 Å². The van der Waals surface area contributed by atoms with Crippen molar-refractivity contribution < 1.29 is 21.7 Å². The van der Waals surface area contributed by atoms with E-state index in [0.717, 1.165) is 0 Å². The number of rotatable bonds is 4. The minimum Gasteiger partial charge on any atom is -0.165 e. The van der Waals surface area contributed by atoms with Crippen LogP contribution in [0.25, 0.3) is 10.8 Å². The van der Waals surface area contributed by atoms with Crippen molar-refractivity contribution in [2.24, 2.45) is 0 Å². The topological polar surface area (TPSA) is 0 Å². The van der Waals surface area contributed by atoms with Crippen LogP contribution in [0.4, 0.5) is 0 Å². The van der Waals surface area contributed by atoms with Crippen molar-refractivity contribution in [3.63, 3.8) is 0 Å². The van der Waals surface area contributed by atoms with Gasteiger partial charge < -0.3 is 0 Å². The summed E-state index contributed by atoms with van der Waals surface area (Å²) in [5, 5.41) is 8.61. The average Bonchev–Trinajstić information content (AvgIpc) is 3.11. The van der Waals surface area contributed by atoms with Gasteiger partial charge >= 0.3 is 0 Å². The van der Waals surface area contributed by atoms with Gasteiger partial charge in [-0.1, -0.05) is 118 Å². The summed E-state index contributed by atoms with van der Waals surface area (Å²) in [5.74, 6) is 0. The van der Waals surface area contributed by atoms with Gasteiger partial charge in [-0.3, -0.25) is 0 Å². The third kappa shape index (κ3) is 5.58. The molecule has 36 heavy (non-hydrogen) atoms. The monoisotopic (exact) mass is 585 g/mol. The van der Waals surface area contributed by atoms with Gasteiger partial charge in [0.05, 0.1) is 0 Å². The van der Waals surface area contributed by atoms with Gasteiger partial charge in [-0.2, -0.15) is 6.07 Å². The third-order valence-corrected chi connectivity index (χ3v) is 11.7. The molecule has 0 fully saturated rings. The molecule has 0 unspecified atom stereocenters. The smallest absolute Gasteiger partial charge is 0.135 e. The number of halogens is 3. The summed E-state index contributed by atoms with van der Waals surface area (Å²) in [6.07, 6.45) is 0. The quantitative estimate of drug-likeness (QED) is 0.129. The molecule has 0 aromatic heterocycles. The maximum atomic E-state index is 2.43. The van der Waals surface area contributed by atoms with Crippen LogP contribution >= 0.6 is 37.2 Å². The zero-order chi connectivity index (χ0) is 22.3. The summed E-state index contributed by atoms with van der Waals surface area (Å²) in [7, 11) is -2.55. The molecular formula is C31H32Cl3SiTi-. The molecule has 5 rings (SSSR count). The number of hydrogen-bond acceptors (Lipinski definition) is 0. The molecule has 5 heteroatoms. The molecule has 0 aliphatic heterocycles. The van der Waals surface area contributed by atoms with Gasteiger partial charge in [-0.15, -0.1) is 76.9 Å². The minimum atomic E-state index is -2.55. The first-order valence-electron chi connectivity index (χ1n) is 11.4. The van der Waals surface area contributed by atoms with E-state index in [1.807, 2.05) is 0 Å². The van der Waals surface area contributed by atoms with Gasteiger partial charge in [0.2, 0.25) is 0 Å². The zero-order valence-corrected chi connectivity index (χ0v) is 26.1. The molecule has 0 bridgehead atoms. The molecule has 0 nitrogen and oxygen atoms in total. The van der Waals surface area contributed by atoms with E-state index in [1.54, 1.807) is 0 Å². The number of fused-ring (bicyclic) bond motifs is 1. The molecule has 0 heterocycles. The molecule has 186 valence electrons. The zero-order valence-electron chi connectivity index (χ0n) is 21.0. The minimum absolute atomic E-state index is 0. The fourth-order valence-corrected chi connectivity index (χ4v) is 11.0. The van der Waals surface area contributed by atoms with Crippen LogP contribution in [-0.2, 0) is 21.7 Å². The molecule has 0 amide bonds. The van der Waals surface area contributed by atoms with Crippen LogP contribution in [0.3, 0.4) is 0 Å². The predicted octanol–water partition coefficient (Wildman–Crippen LogP) is 6.43. The Morgan fingerprint density at radius 3 is 1.33 bits per heavy atom. The summed E-state index contributed by atoms with van der Waals surface area (Å²) < 4.78 is 0. The predicted molar refractivity (Wildman–Crippen MR) is 164 cm³/mol. The maximum Gasteiger partial charge on any atom is 0.135 e. The second kappa shape index (κ2) is 13.2. The van der Waals surface area contributed by atoms with E-state index in [-0.39, 0.29) is 58.9 Å². The largest absolute Gasteiger partial charge is 0.165 e. The Morgan fingerprint density at radius 2 is 0.917 bits per heavy atom. The van der Waals surface area contributed by atoms with E-state index < -0.39 is 8.07 Å². The first-order valence-corrected chi connectivity index (χ1v) is 13.4. The summed E-state index contributed by atoms with van der Waals surface area (Å²) in [6, 6.07) is 39.0. The summed E-state index contributed by atoms with van der Waals surface area (Å²) in [6.45, 7) is 8.94. The van der Waals surface area contributed by atoms with Gasteiger partial charge in [0, 0.05) is 21.7 Å². The summed E-state index contributed by atoms with van der Waals surface area (Å²) >= 11 is 0. The Labute approximate surface area is 250 Å². The molecular weight excluding hydrogens is 555 g/mol. The fraction of sp³-hybridized carbons (Fsp3) is 0.129. The van der Waals surface area contributed by atoms with E-state index in [2.05, 4.69) is 131 Å². The van der Waals surface area contributed by atoms with Gasteiger partial charge in [-0.25, -0.2) is 0 Å². The molecule has 0 atom stereocenters. The van der Waals surface area contributed by atoms with Crippen LogP contribution < -0.4 is 20.7 Å². The molecule has 0 radical (unpaired) electrons. The first-order chi connectivity index (χ1) is 15.5. The van der Waals surface area contributed by atoms with E-state index >= 15 is 0 Å². The Bertz CT molecular complexity index is 1330. The average molecular weight is 587 g/mol. The van der Waals surface area contributed by atoms with Gasteiger partial charge in [0.15, 0.2) is 0 Å². The van der Waals surface area contributed by atoms with Crippen LogP contribution in [0.1, 0.15) is 22.3 Å². The molecule has 5 aromatic rings. The van der Waals surface area contributed by atoms with Crippen LogP contribution in [0, 0.1) is 27.7 Å². The van der Waals surface area contributed by atoms with Crippen LogP contribution in [0.15, 0.2) is 103 Å². The molecule has 0 saturated heterocycles. The summed E-state index contributed by atoms with van der Waals surface area (Å²) in [4.78, 5) is 0. The van der Waals surface area contributed by atoms with Crippen molar-refractivity contribution in [1.82, 2.24) is 0 Å². The number of hydrogen-bond donors (Lipinski definition) is 0. The van der Waals surface area contributed by atoms with Gasteiger partial charge in [0.1, 0.15) is 8.07 Å². The fourth-order valence-electron chi connectivity index (χ4n) is 5.43. The van der Waals surface area contributed by atoms with Crippen molar-refractivity contribution in [2.45, 2.75) is 27.7 Å². The van der Waals surface area contributed by atoms with Crippen LogP contribution in [0.5, 0.6) is 0 Å². The molecule has 0 aliphatic rings. The van der Waals surface area contributed by atoms with E-state index in [0.29, 0.717) is 0 Å². The second-order valence-electron chi connectivity index (χ2n) is 9.15.